The molecule has 0 fully saturated rings. The Morgan fingerprint density at radius 3 is 2.46 bits per heavy atom. The maximum absolute atomic E-state index is 12.7. The minimum Gasteiger partial charge on any atom is -0.375 e. The molecule has 0 heterocycles. The van der Waals surface area contributed by atoms with Crippen molar-refractivity contribution in [1.82, 2.24) is 5.06 Å². The summed E-state index contributed by atoms with van der Waals surface area (Å²) in [4.78, 5) is 38.7. The Labute approximate surface area is 139 Å². The molecule has 1 rings (SSSR count). The van der Waals surface area contributed by atoms with E-state index in [1.54, 1.807) is 12.1 Å². The fourth-order valence-corrected chi connectivity index (χ4v) is 2.02. The van der Waals surface area contributed by atoms with Crippen LogP contribution in [-0.2, 0) is 19.2 Å². The van der Waals surface area contributed by atoms with Gasteiger partial charge in [0.1, 0.15) is 13.0 Å². The van der Waals surface area contributed by atoms with E-state index in [1.165, 1.54) is 26.3 Å². The number of benzene rings is 1. The molecule has 7 nitrogen and oxygen atoms in total. The summed E-state index contributed by atoms with van der Waals surface area (Å²) in [5.74, 6) is -1.22. The van der Waals surface area contributed by atoms with Crippen LogP contribution in [0.5, 0.6) is 0 Å². The number of aldehydes is 1. The summed E-state index contributed by atoms with van der Waals surface area (Å²) in [5, 5.41) is 0.788. The number of nitrogens with zero attached hydrogens (tertiary/aromatic N) is 1. The van der Waals surface area contributed by atoms with Crippen LogP contribution in [0.4, 0.5) is 4.39 Å². The molecule has 0 aliphatic heterocycles. The highest BCUT2D eigenvalue weighted by atomic mass is 19.1. The number of hydrogen-bond donors (Lipinski definition) is 1. The molecule has 0 radical (unpaired) electrons. The van der Waals surface area contributed by atoms with Crippen molar-refractivity contribution in [1.29, 1.82) is 0 Å². The van der Waals surface area contributed by atoms with Crippen LogP contribution >= 0.6 is 0 Å². The number of amides is 1. The number of carbonyl (C=O) groups is 3. The topological polar surface area (TPSA) is 98.9 Å². The molecule has 0 bridgehead atoms. The van der Waals surface area contributed by atoms with Crippen molar-refractivity contribution in [2.24, 2.45) is 5.73 Å². The molecule has 0 aliphatic carbocycles. The zero-order valence-electron chi connectivity index (χ0n) is 13.6. The molecule has 0 spiro atoms. The summed E-state index contributed by atoms with van der Waals surface area (Å²) >= 11 is 0. The Kier molecular flexibility index (Phi) is 8.00. The lowest BCUT2D eigenvalue weighted by Gasteiger charge is -2.21. The van der Waals surface area contributed by atoms with Gasteiger partial charge in [-0.3, -0.25) is 4.79 Å². The number of hydroxylamine groups is 2. The molecule has 8 heteroatoms. The zero-order chi connectivity index (χ0) is 18.1. The Balaban J connectivity index is 2.72. The first-order valence-corrected chi connectivity index (χ1v) is 7.31. The van der Waals surface area contributed by atoms with Gasteiger partial charge in [-0.1, -0.05) is 12.1 Å². The highest BCUT2D eigenvalue weighted by Gasteiger charge is 2.20. The molecule has 132 valence electrons. The van der Waals surface area contributed by atoms with E-state index in [9.17, 15) is 18.8 Å². The lowest BCUT2D eigenvalue weighted by atomic mass is 10.0. The molecule has 2 N–H and O–H groups in total. The van der Waals surface area contributed by atoms with Crippen LogP contribution in [0.1, 0.15) is 34.9 Å². The Bertz CT molecular complexity index is 564. The minimum atomic E-state index is -0.811. The summed E-state index contributed by atoms with van der Waals surface area (Å²) < 4.78 is 17.8. The lowest BCUT2D eigenvalue weighted by molar-refractivity contribution is -0.161. The third-order valence-electron chi connectivity index (χ3n) is 3.34. The van der Waals surface area contributed by atoms with E-state index >= 15 is 0 Å². The van der Waals surface area contributed by atoms with Crippen LogP contribution < -0.4 is 5.73 Å². The number of alkyl halides is 1. The van der Waals surface area contributed by atoms with Crippen molar-refractivity contribution in [2.75, 3.05) is 20.8 Å². The van der Waals surface area contributed by atoms with E-state index in [4.69, 9.17) is 15.3 Å². The van der Waals surface area contributed by atoms with Gasteiger partial charge in [-0.25, -0.2) is 9.18 Å². The first-order chi connectivity index (χ1) is 11.4. The summed E-state index contributed by atoms with van der Waals surface area (Å²) in [6.07, 6.45) is -0.000697. The smallest absolute Gasteiger partial charge is 0.363 e. The number of ether oxygens (including phenoxy) is 1. The minimum absolute atomic E-state index is 0.0388. The van der Waals surface area contributed by atoms with Crippen molar-refractivity contribution < 1.29 is 28.3 Å². The van der Waals surface area contributed by atoms with Gasteiger partial charge in [-0.15, -0.1) is 0 Å². The molecule has 0 saturated carbocycles. The second-order valence-electron chi connectivity index (χ2n) is 5.07. The van der Waals surface area contributed by atoms with E-state index in [1.807, 2.05) is 0 Å². The largest absolute Gasteiger partial charge is 0.375 e. The second-order valence-corrected chi connectivity index (χ2v) is 5.07. The van der Waals surface area contributed by atoms with Gasteiger partial charge in [0.25, 0.3) is 5.91 Å². The fraction of sp³-hybridized carbons (Fsp3) is 0.438. The van der Waals surface area contributed by atoms with Crippen molar-refractivity contribution in [3.63, 3.8) is 0 Å². The van der Waals surface area contributed by atoms with E-state index in [2.05, 4.69) is 0 Å². The fourth-order valence-electron chi connectivity index (χ4n) is 2.02. The number of halogens is 1. The van der Waals surface area contributed by atoms with Crippen LogP contribution in [0.15, 0.2) is 24.3 Å². The molecule has 1 aromatic rings. The number of methoxy groups -OCH3 is 1. The van der Waals surface area contributed by atoms with Crippen LogP contribution in [0.3, 0.4) is 0 Å². The molecular weight excluding hydrogens is 319 g/mol. The monoisotopic (exact) mass is 340 g/mol. The summed E-state index contributed by atoms with van der Waals surface area (Å²) in [7, 11) is 2.71. The molecule has 1 amide bonds. The molecule has 0 saturated heterocycles. The maximum Gasteiger partial charge on any atom is 0.363 e. The van der Waals surface area contributed by atoms with Gasteiger partial charge in [0.05, 0.1) is 17.7 Å². The van der Waals surface area contributed by atoms with E-state index in [0.717, 1.165) is 5.06 Å². The third kappa shape index (κ3) is 5.39. The Hall–Kier alpha value is -2.32. The second kappa shape index (κ2) is 9.74. The van der Waals surface area contributed by atoms with Crippen LogP contribution in [0.25, 0.3) is 0 Å². The number of carbonyl (C=O) groups excluding carboxylic acids is 3. The standard InChI is InChI=1S/C16H21FN2O5/c1-19(14(21)4-3-9-20)24-16(22)12-7-5-11(6-8-12)15(23-2)13(18)10-17/h5-9,13,15H,3-4,10,18H2,1-2H3. The number of hydrogen-bond acceptors (Lipinski definition) is 6. The first-order valence-electron chi connectivity index (χ1n) is 7.31. The molecule has 0 aromatic heterocycles. The van der Waals surface area contributed by atoms with Gasteiger partial charge in [0.2, 0.25) is 0 Å². The number of nitrogens with two attached hydrogens (primary N) is 1. The van der Waals surface area contributed by atoms with Gasteiger partial charge < -0.3 is 20.1 Å². The highest BCUT2D eigenvalue weighted by molar-refractivity contribution is 5.90. The average molecular weight is 340 g/mol. The predicted octanol–water partition coefficient (Wildman–Crippen LogP) is 1.18. The van der Waals surface area contributed by atoms with Crippen LogP contribution in [0, 0.1) is 0 Å². The van der Waals surface area contributed by atoms with Crippen molar-refractivity contribution >= 4 is 18.2 Å². The van der Waals surface area contributed by atoms with Crippen molar-refractivity contribution in [3.05, 3.63) is 35.4 Å². The Morgan fingerprint density at radius 2 is 1.96 bits per heavy atom. The van der Waals surface area contributed by atoms with Crippen molar-refractivity contribution in [2.45, 2.75) is 25.0 Å². The summed E-state index contributed by atoms with van der Waals surface area (Å²) in [5.41, 5.74) is 6.46. The van der Waals surface area contributed by atoms with E-state index < -0.39 is 30.7 Å². The van der Waals surface area contributed by atoms with Gasteiger partial charge in [0.15, 0.2) is 0 Å². The van der Waals surface area contributed by atoms with Gasteiger partial charge in [0, 0.05) is 27.0 Å². The lowest BCUT2D eigenvalue weighted by Crippen LogP contribution is -2.31. The zero-order valence-corrected chi connectivity index (χ0v) is 13.6. The molecule has 2 atom stereocenters. The molecule has 24 heavy (non-hydrogen) atoms. The van der Waals surface area contributed by atoms with Crippen LogP contribution in [0.2, 0.25) is 0 Å². The first kappa shape index (κ1) is 19.7. The van der Waals surface area contributed by atoms with E-state index in [0.29, 0.717) is 11.8 Å². The average Bonchev–Trinajstić information content (AvgIpc) is 2.60. The van der Waals surface area contributed by atoms with E-state index in [-0.39, 0.29) is 18.4 Å². The Morgan fingerprint density at radius 1 is 1.33 bits per heavy atom. The predicted molar refractivity (Wildman–Crippen MR) is 83.6 cm³/mol. The normalized spacial score (nSPS) is 13.0. The van der Waals surface area contributed by atoms with Gasteiger partial charge >= 0.3 is 5.97 Å². The molecule has 0 aliphatic rings. The summed E-state index contributed by atoms with van der Waals surface area (Å²) in [6, 6.07) is 5.29. The third-order valence-corrected chi connectivity index (χ3v) is 3.34. The molecule has 1 aromatic carbocycles. The highest BCUT2D eigenvalue weighted by Crippen LogP contribution is 2.20. The van der Waals surface area contributed by atoms with Gasteiger partial charge in [-0.05, 0) is 17.7 Å². The quantitative estimate of drug-likeness (QED) is 0.563. The molecular formula is C16H21FN2O5. The molecule has 2 unspecified atom stereocenters. The number of rotatable bonds is 8. The van der Waals surface area contributed by atoms with Gasteiger partial charge in [-0.2, -0.15) is 5.06 Å². The maximum atomic E-state index is 12.7. The summed E-state index contributed by atoms with van der Waals surface area (Å²) in [6.45, 7) is -0.740. The SMILES string of the molecule is COC(c1ccc(C(=O)ON(C)C(=O)CCC=O)cc1)C(N)CF. The van der Waals surface area contributed by atoms with Crippen LogP contribution in [-0.4, -0.2) is 50.1 Å². The van der Waals surface area contributed by atoms with Crippen molar-refractivity contribution in [3.8, 4) is 0 Å².